The van der Waals surface area contributed by atoms with Gasteiger partial charge >= 0.3 is 5.97 Å². The molecule has 0 radical (unpaired) electrons. The van der Waals surface area contributed by atoms with Crippen LogP contribution >= 0.6 is 0 Å². The van der Waals surface area contributed by atoms with Gasteiger partial charge in [0.25, 0.3) is 0 Å². The number of methoxy groups -OCH3 is 1. The van der Waals surface area contributed by atoms with Crippen LogP contribution in [0.5, 0.6) is 0 Å². The summed E-state index contributed by atoms with van der Waals surface area (Å²) in [6.45, 7) is 0.506. The van der Waals surface area contributed by atoms with Crippen molar-refractivity contribution in [1.82, 2.24) is 4.90 Å². The van der Waals surface area contributed by atoms with Crippen LogP contribution in [0.3, 0.4) is 0 Å². The SMILES string of the molecule is COC(=O)CN(C1CCCCC1)C1CCCC1. The zero-order chi connectivity index (χ0) is 12.1. The molecule has 0 atom stereocenters. The molecule has 2 aliphatic carbocycles. The van der Waals surface area contributed by atoms with Crippen molar-refractivity contribution in [2.24, 2.45) is 0 Å². The molecule has 0 saturated heterocycles. The van der Waals surface area contributed by atoms with Gasteiger partial charge < -0.3 is 4.74 Å². The summed E-state index contributed by atoms with van der Waals surface area (Å²) in [4.78, 5) is 14.0. The minimum absolute atomic E-state index is 0.0672. The van der Waals surface area contributed by atoms with E-state index in [0.717, 1.165) is 0 Å². The minimum atomic E-state index is -0.0672. The van der Waals surface area contributed by atoms with Gasteiger partial charge in [-0.1, -0.05) is 32.1 Å². The van der Waals surface area contributed by atoms with Gasteiger partial charge in [0.2, 0.25) is 0 Å². The summed E-state index contributed by atoms with van der Waals surface area (Å²) in [5.74, 6) is -0.0672. The Kier molecular flexibility index (Phi) is 4.84. The molecule has 0 aromatic rings. The van der Waals surface area contributed by atoms with Crippen LogP contribution in [0.25, 0.3) is 0 Å². The monoisotopic (exact) mass is 239 g/mol. The maximum atomic E-state index is 11.6. The highest BCUT2D eigenvalue weighted by Gasteiger charge is 2.31. The van der Waals surface area contributed by atoms with Crippen LogP contribution < -0.4 is 0 Å². The molecule has 3 heteroatoms. The van der Waals surface area contributed by atoms with Gasteiger partial charge in [-0.3, -0.25) is 9.69 Å². The van der Waals surface area contributed by atoms with E-state index in [9.17, 15) is 4.79 Å². The number of carbonyl (C=O) groups is 1. The summed E-state index contributed by atoms with van der Waals surface area (Å²) in [7, 11) is 1.50. The molecule has 0 aromatic heterocycles. The standard InChI is InChI=1S/C14H25NO2/c1-17-14(16)11-15(13-9-5-6-10-13)12-7-3-2-4-8-12/h12-13H,2-11H2,1H3. The van der Waals surface area contributed by atoms with E-state index in [1.807, 2.05) is 0 Å². The third-order valence-corrected chi connectivity index (χ3v) is 4.38. The number of hydrogen-bond acceptors (Lipinski definition) is 3. The van der Waals surface area contributed by atoms with E-state index >= 15 is 0 Å². The van der Waals surface area contributed by atoms with Gasteiger partial charge in [0.05, 0.1) is 13.7 Å². The molecule has 0 aromatic carbocycles. The largest absolute Gasteiger partial charge is 0.468 e. The zero-order valence-electron chi connectivity index (χ0n) is 11.0. The van der Waals surface area contributed by atoms with Crippen molar-refractivity contribution in [3.05, 3.63) is 0 Å². The van der Waals surface area contributed by atoms with Crippen molar-refractivity contribution in [2.75, 3.05) is 13.7 Å². The Morgan fingerprint density at radius 3 is 1.94 bits per heavy atom. The van der Waals surface area contributed by atoms with Gasteiger partial charge in [0.15, 0.2) is 0 Å². The molecular formula is C14H25NO2. The van der Waals surface area contributed by atoms with Crippen LogP contribution in [-0.4, -0.2) is 36.6 Å². The Balaban J connectivity index is 1.96. The number of rotatable bonds is 4. The predicted molar refractivity (Wildman–Crippen MR) is 67.9 cm³/mol. The summed E-state index contributed by atoms with van der Waals surface area (Å²) >= 11 is 0. The summed E-state index contributed by atoms with van der Waals surface area (Å²) in [6.07, 6.45) is 11.8. The van der Waals surface area contributed by atoms with E-state index in [2.05, 4.69) is 4.90 Å². The molecular weight excluding hydrogens is 214 g/mol. The van der Waals surface area contributed by atoms with Gasteiger partial charge in [-0.05, 0) is 25.7 Å². The van der Waals surface area contributed by atoms with E-state index in [4.69, 9.17) is 4.74 Å². The van der Waals surface area contributed by atoms with Gasteiger partial charge in [-0.25, -0.2) is 0 Å². The Morgan fingerprint density at radius 2 is 1.47 bits per heavy atom. The van der Waals surface area contributed by atoms with Crippen molar-refractivity contribution in [2.45, 2.75) is 69.9 Å². The summed E-state index contributed by atoms with van der Waals surface area (Å²) in [5.41, 5.74) is 0. The molecule has 17 heavy (non-hydrogen) atoms. The lowest BCUT2D eigenvalue weighted by atomic mass is 9.93. The molecule has 2 aliphatic rings. The maximum absolute atomic E-state index is 11.6. The van der Waals surface area contributed by atoms with Crippen molar-refractivity contribution < 1.29 is 9.53 Å². The number of carbonyl (C=O) groups excluding carboxylic acids is 1. The number of ether oxygens (including phenoxy) is 1. The lowest BCUT2D eigenvalue weighted by Gasteiger charge is -2.37. The second-order valence-corrected chi connectivity index (χ2v) is 5.48. The first-order chi connectivity index (χ1) is 8.31. The molecule has 98 valence electrons. The molecule has 3 nitrogen and oxygen atoms in total. The molecule has 0 unspecified atom stereocenters. The molecule has 2 saturated carbocycles. The Labute approximate surface area is 105 Å². The van der Waals surface area contributed by atoms with Gasteiger partial charge in [-0.15, -0.1) is 0 Å². The van der Waals surface area contributed by atoms with Crippen LogP contribution in [0, 0.1) is 0 Å². The van der Waals surface area contributed by atoms with Gasteiger partial charge in [0, 0.05) is 12.1 Å². The molecule has 0 N–H and O–H groups in total. The minimum Gasteiger partial charge on any atom is -0.468 e. The van der Waals surface area contributed by atoms with Crippen molar-refractivity contribution in [1.29, 1.82) is 0 Å². The second kappa shape index (κ2) is 6.39. The van der Waals surface area contributed by atoms with Crippen LogP contribution in [0.4, 0.5) is 0 Å². The van der Waals surface area contributed by atoms with E-state index in [1.165, 1.54) is 64.9 Å². The highest BCUT2D eigenvalue weighted by molar-refractivity contribution is 5.71. The Morgan fingerprint density at radius 1 is 1.00 bits per heavy atom. The third kappa shape index (κ3) is 3.44. The molecule has 0 bridgehead atoms. The van der Waals surface area contributed by atoms with Crippen LogP contribution in [0.2, 0.25) is 0 Å². The van der Waals surface area contributed by atoms with Gasteiger partial charge in [-0.2, -0.15) is 0 Å². The summed E-state index contributed by atoms with van der Waals surface area (Å²) < 4.78 is 4.85. The predicted octanol–water partition coefficient (Wildman–Crippen LogP) is 2.74. The summed E-state index contributed by atoms with van der Waals surface area (Å²) in [6, 6.07) is 1.27. The first kappa shape index (κ1) is 12.9. The van der Waals surface area contributed by atoms with E-state index < -0.39 is 0 Å². The average molecular weight is 239 g/mol. The normalized spacial score (nSPS) is 23.2. The Bertz CT molecular complexity index is 243. The van der Waals surface area contributed by atoms with E-state index in [0.29, 0.717) is 18.6 Å². The zero-order valence-corrected chi connectivity index (χ0v) is 11.0. The maximum Gasteiger partial charge on any atom is 0.319 e. The lowest BCUT2D eigenvalue weighted by Crippen LogP contribution is -2.46. The number of esters is 1. The smallest absolute Gasteiger partial charge is 0.319 e. The number of hydrogen-bond donors (Lipinski definition) is 0. The average Bonchev–Trinajstić information content (AvgIpc) is 2.90. The van der Waals surface area contributed by atoms with E-state index in [-0.39, 0.29) is 5.97 Å². The highest BCUT2D eigenvalue weighted by atomic mass is 16.5. The van der Waals surface area contributed by atoms with Crippen molar-refractivity contribution in [3.63, 3.8) is 0 Å². The van der Waals surface area contributed by atoms with E-state index in [1.54, 1.807) is 0 Å². The first-order valence-electron chi connectivity index (χ1n) is 7.14. The molecule has 0 heterocycles. The first-order valence-corrected chi connectivity index (χ1v) is 7.14. The van der Waals surface area contributed by atoms with Gasteiger partial charge in [0.1, 0.15) is 0 Å². The lowest BCUT2D eigenvalue weighted by molar-refractivity contribution is -0.143. The number of nitrogens with zero attached hydrogens (tertiary/aromatic N) is 1. The molecule has 0 amide bonds. The van der Waals surface area contributed by atoms with Crippen LogP contribution in [-0.2, 0) is 9.53 Å². The van der Waals surface area contributed by atoms with Crippen molar-refractivity contribution >= 4 is 5.97 Å². The molecule has 2 fully saturated rings. The van der Waals surface area contributed by atoms with Crippen LogP contribution in [0.15, 0.2) is 0 Å². The highest BCUT2D eigenvalue weighted by Crippen LogP contribution is 2.30. The fourth-order valence-electron chi connectivity index (χ4n) is 3.42. The molecule has 0 spiro atoms. The topological polar surface area (TPSA) is 29.5 Å². The fraction of sp³-hybridized carbons (Fsp3) is 0.929. The molecule has 0 aliphatic heterocycles. The van der Waals surface area contributed by atoms with Crippen molar-refractivity contribution in [3.8, 4) is 0 Å². The summed E-state index contributed by atoms with van der Waals surface area (Å²) in [5, 5.41) is 0. The second-order valence-electron chi connectivity index (χ2n) is 5.48. The molecule has 2 rings (SSSR count). The third-order valence-electron chi connectivity index (χ3n) is 4.38. The quantitative estimate of drug-likeness (QED) is 0.706. The fourth-order valence-corrected chi connectivity index (χ4v) is 3.42. The van der Waals surface area contributed by atoms with Crippen LogP contribution in [0.1, 0.15) is 57.8 Å². The Hall–Kier alpha value is -0.570.